The SMILES string of the molecule is COc1ccc(C)cc1C(C)NC(=O)C1(C(F)(F)F)CCN(Cc2ccccc2)C1. The number of benzene rings is 2. The fourth-order valence-corrected chi connectivity index (χ4v) is 4.02. The highest BCUT2D eigenvalue weighted by atomic mass is 19.4. The number of aryl methyl sites for hydroxylation is 1. The number of carbonyl (C=O) groups excluding carboxylic acids is 1. The number of nitrogens with one attached hydrogen (secondary N) is 1. The molecule has 30 heavy (non-hydrogen) atoms. The van der Waals surface area contributed by atoms with E-state index in [1.165, 1.54) is 7.11 Å². The summed E-state index contributed by atoms with van der Waals surface area (Å²) in [4.78, 5) is 14.7. The van der Waals surface area contributed by atoms with E-state index in [0.29, 0.717) is 17.9 Å². The van der Waals surface area contributed by atoms with Gasteiger partial charge in [0, 0.05) is 18.7 Å². The first-order valence-corrected chi connectivity index (χ1v) is 9.95. The van der Waals surface area contributed by atoms with E-state index in [1.54, 1.807) is 17.9 Å². The van der Waals surface area contributed by atoms with Crippen molar-refractivity contribution in [3.63, 3.8) is 0 Å². The standard InChI is InChI=1S/C23H27F3N2O2/c1-16-9-10-20(30-3)19(13-16)17(2)27-21(29)22(23(24,25)26)11-12-28(15-22)14-18-7-5-4-6-8-18/h4-10,13,17H,11-12,14-15H2,1-3H3,(H,27,29). The zero-order chi connectivity index (χ0) is 21.9. The largest absolute Gasteiger partial charge is 0.496 e. The quantitative estimate of drug-likeness (QED) is 0.741. The summed E-state index contributed by atoms with van der Waals surface area (Å²) >= 11 is 0. The van der Waals surface area contributed by atoms with Crippen molar-refractivity contribution in [3.8, 4) is 5.75 Å². The van der Waals surface area contributed by atoms with E-state index in [2.05, 4.69) is 5.32 Å². The Morgan fingerprint density at radius 2 is 1.93 bits per heavy atom. The van der Waals surface area contributed by atoms with Crippen LogP contribution in [0.25, 0.3) is 0 Å². The Morgan fingerprint density at radius 3 is 2.57 bits per heavy atom. The molecule has 2 unspecified atom stereocenters. The van der Waals surface area contributed by atoms with Crippen LogP contribution in [0.3, 0.4) is 0 Å². The van der Waals surface area contributed by atoms with E-state index in [4.69, 9.17) is 4.74 Å². The molecule has 0 aromatic heterocycles. The number of hydrogen-bond donors (Lipinski definition) is 1. The van der Waals surface area contributed by atoms with Gasteiger partial charge in [0.05, 0.1) is 13.2 Å². The lowest BCUT2D eigenvalue weighted by Crippen LogP contribution is -2.52. The molecule has 1 aliphatic rings. The van der Waals surface area contributed by atoms with Crippen molar-refractivity contribution in [1.82, 2.24) is 10.2 Å². The van der Waals surface area contributed by atoms with Crippen molar-refractivity contribution in [2.75, 3.05) is 20.2 Å². The second-order valence-electron chi connectivity index (χ2n) is 7.97. The minimum absolute atomic E-state index is 0.212. The third-order valence-corrected chi connectivity index (χ3v) is 5.77. The van der Waals surface area contributed by atoms with E-state index in [0.717, 1.165) is 11.1 Å². The van der Waals surface area contributed by atoms with Crippen molar-refractivity contribution >= 4 is 5.91 Å². The second-order valence-corrected chi connectivity index (χ2v) is 7.97. The zero-order valence-corrected chi connectivity index (χ0v) is 17.4. The molecule has 0 radical (unpaired) electrons. The predicted molar refractivity (Wildman–Crippen MR) is 109 cm³/mol. The molecule has 7 heteroatoms. The van der Waals surface area contributed by atoms with Gasteiger partial charge in [0.2, 0.25) is 5.91 Å². The van der Waals surface area contributed by atoms with Crippen LogP contribution in [0.1, 0.15) is 36.1 Å². The van der Waals surface area contributed by atoms with Crippen LogP contribution >= 0.6 is 0 Å². The van der Waals surface area contributed by atoms with Gasteiger partial charge in [0.1, 0.15) is 5.75 Å². The van der Waals surface area contributed by atoms with Crippen molar-refractivity contribution < 1.29 is 22.7 Å². The average molecular weight is 420 g/mol. The maximum Gasteiger partial charge on any atom is 0.404 e. The number of rotatable bonds is 6. The average Bonchev–Trinajstić information content (AvgIpc) is 3.14. The Bertz CT molecular complexity index is 886. The van der Waals surface area contributed by atoms with Gasteiger partial charge >= 0.3 is 6.18 Å². The van der Waals surface area contributed by atoms with Gasteiger partial charge in [0.15, 0.2) is 5.41 Å². The van der Waals surface area contributed by atoms with Gasteiger partial charge in [-0.25, -0.2) is 0 Å². The van der Waals surface area contributed by atoms with Gasteiger partial charge in [0.25, 0.3) is 0 Å². The number of halogens is 3. The third kappa shape index (κ3) is 4.46. The van der Waals surface area contributed by atoms with E-state index in [9.17, 15) is 18.0 Å². The molecule has 0 saturated carbocycles. The van der Waals surface area contributed by atoms with Crippen LogP contribution in [0.2, 0.25) is 0 Å². The summed E-state index contributed by atoms with van der Waals surface area (Å²) in [5.74, 6) is -0.451. The summed E-state index contributed by atoms with van der Waals surface area (Å²) in [6.45, 7) is 3.80. The minimum Gasteiger partial charge on any atom is -0.496 e. The fraction of sp³-hybridized carbons (Fsp3) is 0.435. The number of methoxy groups -OCH3 is 1. The maximum absolute atomic E-state index is 14.1. The van der Waals surface area contributed by atoms with Gasteiger partial charge < -0.3 is 10.1 Å². The summed E-state index contributed by atoms with van der Waals surface area (Å²) in [6, 6.07) is 14.1. The summed E-state index contributed by atoms with van der Waals surface area (Å²) in [5.41, 5.74) is 0.0935. The Kier molecular flexibility index (Phi) is 6.41. The lowest BCUT2D eigenvalue weighted by Gasteiger charge is -2.32. The maximum atomic E-state index is 14.1. The molecule has 1 fully saturated rings. The van der Waals surface area contributed by atoms with E-state index >= 15 is 0 Å². The topological polar surface area (TPSA) is 41.6 Å². The third-order valence-electron chi connectivity index (χ3n) is 5.77. The normalized spacial score (nSPS) is 20.7. The van der Waals surface area contributed by atoms with Crippen LogP contribution in [0, 0.1) is 12.3 Å². The van der Waals surface area contributed by atoms with E-state index in [1.807, 2.05) is 49.4 Å². The molecule has 2 atom stereocenters. The smallest absolute Gasteiger partial charge is 0.404 e. The first-order chi connectivity index (χ1) is 14.2. The van der Waals surface area contributed by atoms with Crippen molar-refractivity contribution in [2.24, 2.45) is 5.41 Å². The fourth-order valence-electron chi connectivity index (χ4n) is 4.02. The van der Waals surface area contributed by atoms with Gasteiger partial charge in [-0.2, -0.15) is 13.2 Å². The molecular weight excluding hydrogens is 393 g/mol. The Hall–Kier alpha value is -2.54. The highest BCUT2D eigenvalue weighted by Gasteiger charge is 2.63. The number of alkyl halides is 3. The molecule has 0 aliphatic carbocycles. The summed E-state index contributed by atoms with van der Waals surface area (Å²) in [6.07, 6.45) is -4.90. The Balaban J connectivity index is 1.79. The summed E-state index contributed by atoms with van der Waals surface area (Å²) in [7, 11) is 1.50. The lowest BCUT2D eigenvalue weighted by molar-refractivity contribution is -0.218. The van der Waals surface area contributed by atoms with Gasteiger partial charge in [-0.05, 0) is 38.4 Å². The molecule has 1 amide bonds. The van der Waals surface area contributed by atoms with Gasteiger partial charge in [-0.1, -0.05) is 48.0 Å². The molecule has 1 aliphatic heterocycles. The lowest BCUT2D eigenvalue weighted by atomic mass is 9.84. The van der Waals surface area contributed by atoms with Crippen LogP contribution in [0.4, 0.5) is 13.2 Å². The van der Waals surface area contributed by atoms with E-state index in [-0.39, 0.29) is 19.5 Å². The molecule has 1 N–H and O–H groups in total. The molecule has 0 bridgehead atoms. The number of hydrogen-bond acceptors (Lipinski definition) is 3. The van der Waals surface area contributed by atoms with Crippen molar-refractivity contribution in [3.05, 3.63) is 65.2 Å². The molecule has 1 heterocycles. The summed E-state index contributed by atoms with van der Waals surface area (Å²) < 4.78 is 47.7. The number of ether oxygens (including phenoxy) is 1. The number of likely N-dealkylation sites (tertiary alicyclic amines) is 1. The van der Waals surface area contributed by atoms with Crippen LogP contribution in [-0.2, 0) is 11.3 Å². The van der Waals surface area contributed by atoms with Crippen molar-refractivity contribution in [1.29, 1.82) is 0 Å². The Morgan fingerprint density at radius 1 is 1.23 bits per heavy atom. The van der Waals surface area contributed by atoms with Crippen LogP contribution in [0.15, 0.2) is 48.5 Å². The number of nitrogens with zero attached hydrogens (tertiary/aromatic N) is 1. The monoisotopic (exact) mass is 420 g/mol. The minimum atomic E-state index is -4.64. The predicted octanol–water partition coefficient (Wildman–Crippen LogP) is 4.64. The van der Waals surface area contributed by atoms with Crippen LogP contribution < -0.4 is 10.1 Å². The van der Waals surface area contributed by atoms with E-state index < -0.39 is 23.5 Å². The van der Waals surface area contributed by atoms with Gasteiger partial charge in [-0.15, -0.1) is 0 Å². The molecule has 1 saturated heterocycles. The molecule has 2 aromatic carbocycles. The number of amides is 1. The highest BCUT2D eigenvalue weighted by Crippen LogP contribution is 2.46. The zero-order valence-electron chi connectivity index (χ0n) is 17.4. The molecule has 0 spiro atoms. The Labute approximate surface area is 175 Å². The first kappa shape index (κ1) is 22.2. The van der Waals surface area contributed by atoms with Gasteiger partial charge in [-0.3, -0.25) is 9.69 Å². The first-order valence-electron chi connectivity index (χ1n) is 9.95. The summed E-state index contributed by atoms with van der Waals surface area (Å²) in [5, 5.41) is 2.61. The second kappa shape index (κ2) is 8.68. The molecule has 162 valence electrons. The molecular formula is C23H27F3N2O2. The molecule has 3 rings (SSSR count). The molecule has 4 nitrogen and oxygen atoms in total. The number of carbonyl (C=O) groups is 1. The van der Waals surface area contributed by atoms with Crippen molar-refractivity contribution in [2.45, 2.75) is 39.0 Å². The van der Waals surface area contributed by atoms with Crippen LogP contribution in [-0.4, -0.2) is 37.2 Å². The molecule has 2 aromatic rings. The van der Waals surface area contributed by atoms with Crippen LogP contribution in [0.5, 0.6) is 5.75 Å². The highest BCUT2D eigenvalue weighted by molar-refractivity contribution is 5.84.